The summed E-state index contributed by atoms with van der Waals surface area (Å²) in [4.78, 5) is 25.3. The van der Waals surface area contributed by atoms with Crippen LogP contribution in [0.15, 0.2) is 12.2 Å². The second kappa shape index (κ2) is 7.58. The van der Waals surface area contributed by atoms with Crippen LogP contribution >= 0.6 is 0 Å². The third kappa shape index (κ3) is 2.85. The molecule has 0 spiro atoms. The molecule has 196 valence electrons. The molecular formula is C30H46O5. The van der Waals surface area contributed by atoms with Gasteiger partial charge in [0.25, 0.3) is 0 Å². The van der Waals surface area contributed by atoms with E-state index in [2.05, 4.69) is 34.3 Å². The predicted octanol–water partition coefficient (Wildman–Crippen LogP) is 6.15. The molecule has 0 saturated heterocycles. The van der Waals surface area contributed by atoms with Gasteiger partial charge in [0.2, 0.25) is 0 Å². The van der Waals surface area contributed by atoms with Crippen molar-refractivity contribution in [2.45, 2.75) is 105 Å². The summed E-state index contributed by atoms with van der Waals surface area (Å²) in [7, 11) is 0. The summed E-state index contributed by atoms with van der Waals surface area (Å²) in [6, 6.07) is 0. The molecule has 5 aliphatic rings. The highest BCUT2D eigenvalue weighted by molar-refractivity contribution is 5.76. The fraction of sp³-hybridized carbons (Fsp3) is 0.867. The molecule has 5 aliphatic carbocycles. The average molecular weight is 487 g/mol. The zero-order valence-electron chi connectivity index (χ0n) is 22.4. The molecule has 5 nitrogen and oxygen atoms in total. The number of hydrogen-bond donors (Lipinski definition) is 3. The summed E-state index contributed by atoms with van der Waals surface area (Å²) in [5.41, 5.74) is -0.638. The summed E-state index contributed by atoms with van der Waals surface area (Å²) in [5.74, 6) is -0.315. The minimum absolute atomic E-state index is 0.0290. The summed E-state index contributed by atoms with van der Waals surface area (Å²) in [5, 5.41) is 31.6. The van der Waals surface area contributed by atoms with E-state index in [-0.39, 0.29) is 34.0 Å². The van der Waals surface area contributed by atoms with Gasteiger partial charge in [0.05, 0.1) is 16.9 Å². The summed E-state index contributed by atoms with van der Waals surface area (Å²) in [6.07, 6.45) is 7.86. The first-order chi connectivity index (χ1) is 16.2. The predicted molar refractivity (Wildman–Crippen MR) is 135 cm³/mol. The van der Waals surface area contributed by atoms with Crippen molar-refractivity contribution in [3.63, 3.8) is 0 Å². The number of carboxylic acids is 2. The van der Waals surface area contributed by atoms with E-state index in [0.29, 0.717) is 18.3 Å². The third-order valence-corrected chi connectivity index (χ3v) is 13.6. The highest BCUT2D eigenvalue weighted by Crippen LogP contribution is 2.77. The summed E-state index contributed by atoms with van der Waals surface area (Å²) in [6.45, 7) is 15.4. The van der Waals surface area contributed by atoms with Gasteiger partial charge in [-0.2, -0.15) is 0 Å². The van der Waals surface area contributed by atoms with Crippen LogP contribution in [0, 0.1) is 56.7 Å². The SMILES string of the molecule is C=C(C)[C@@H]1CC[C@]2(C(=O)O)CC[C@]3(C)[C@H](CC[C@@H]4[C@@]5(C)CC[C@H](O)[C@@](C)(C(=O)O)[C@@H]5CC[C@]43C)[C@@H]12. The van der Waals surface area contributed by atoms with E-state index in [4.69, 9.17) is 0 Å². The summed E-state index contributed by atoms with van der Waals surface area (Å²) < 4.78 is 0. The second-order valence-corrected chi connectivity index (χ2v) is 14.3. The maximum atomic E-state index is 12.8. The number of aliphatic hydroxyl groups is 1. The van der Waals surface area contributed by atoms with Crippen molar-refractivity contribution < 1.29 is 24.9 Å². The minimum atomic E-state index is -1.10. The molecule has 0 aromatic heterocycles. The van der Waals surface area contributed by atoms with Crippen LogP contribution in [0.4, 0.5) is 0 Å². The van der Waals surface area contributed by atoms with Crippen molar-refractivity contribution in [2.75, 3.05) is 0 Å². The van der Waals surface area contributed by atoms with E-state index >= 15 is 0 Å². The normalized spacial score (nSPS) is 55.1. The first kappa shape index (κ1) is 25.3. The first-order valence-corrected chi connectivity index (χ1v) is 14.0. The van der Waals surface area contributed by atoms with Crippen molar-refractivity contribution in [3.8, 4) is 0 Å². The van der Waals surface area contributed by atoms with E-state index in [1.807, 2.05) is 0 Å². The van der Waals surface area contributed by atoms with Crippen LogP contribution in [0.5, 0.6) is 0 Å². The second-order valence-electron chi connectivity index (χ2n) is 14.3. The van der Waals surface area contributed by atoms with Gasteiger partial charge in [-0.15, -0.1) is 0 Å². The van der Waals surface area contributed by atoms with Crippen molar-refractivity contribution in [2.24, 2.45) is 56.7 Å². The van der Waals surface area contributed by atoms with Crippen molar-refractivity contribution >= 4 is 11.9 Å². The van der Waals surface area contributed by atoms with E-state index < -0.39 is 28.9 Å². The van der Waals surface area contributed by atoms with Gasteiger partial charge in [-0.3, -0.25) is 9.59 Å². The number of allylic oxidation sites excluding steroid dienone is 1. The lowest BCUT2D eigenvalue weighted by atomic mass is 9.32. The molecule has 0 amide bonds. The monoisotopic (exact) mass is 486 g/mol. The molecule has 0 aliphatic heterocycles. The Hall–Kier alpha value is -1.36. The molecule has 0 bridgehead atoms. The number of hydrogen-bond acceptors (Lipinski definition) is 3. The van der Waals surface area contributed by atoms with Crippen LogP contribution in [0.1, 0.15) is 98.8 Å². The van der Waals surface area contributed by atoms with Crippen LogP contribution in [-0.2, 0) is 9.59 Å². The molecule has 0 unspecified atom stereocenters. The van der Waals surface area contributed by atoms with Crippen molar-refractivity contribution in [1.82, 2.24) is 0 Å². The lowest BCUT2D eigenvalue weighted by Gasteiger charge is -2.72. The number of fused-ring (bicyclic) bond motifs is 7. The lowest BCUT2D eigenvalue weighted by Crippen LogP contribution is -2.68. The van der Waals surface area contributed by atoms with Gasteiger partial charge < -0.3 is 15.3 Å². The Kier molecular flexibility index (Phi) is 5.48. The Labute approximate surface area is 210 Å². The van der Waals surface area contributed by atoms with Crippen LogP contribution in [-0.4, -0.2) is 33.4 Å². The molecule has 0 radical (unpaired) electrons. The van der Waals surface area contributed by atoms with Gasteiger partial charge >= 0.3 is 11.9 Å². The molecule has 0 heterocycles. The lowest BCUT2D eigenvalue weighted by molar-refractivity contribution is -0.251. The molecule has 5 rings (SSSR count). The Balaban J connectivity index is 1.57. The van der Waals surface area contributed by atoms with Gasteiger partial charge in [-0.1, -0.05) is 32.9 Å². The molecule has 3 N–H and O–H groups in total. The molecule has 35 heavy (non-hydrogen) atoms. The molecule has 0 aromatic rings. The summed E-state index contributed by atoms with van der Waals surface area (Å²) >= 11 is 0. The highest BCUT2D eigenvalue weighted by atomic mass is 16.4. The van der Waals surface area contributed by atoms with Crippen LogP contribution < -0.4 is 0 Å². The smallest absolute Gasteiger partial charge is 0.312 e. The number of carbonyl (C=O) groups is 2. The van der Waals surface area contributed by atoms with Gasteiger partial charge in [0, 0.05) is 0 Å². The molecular weight excluding hydrogens is 440 g/mol. The zero-order valence-corrected chi connectivity index (χ0v) is 22.4. The number of aliphatic carboxylic acids is 2. The standard InChI is InChI=1S/C30H46O5/c1-17(2)18-9-14-30(25(34)35)16-15-27(4)19(23(18)30)7-8-20-26(3)12-11-22(31)29(6,24(32)33)21(26)10-13-28(20,27)5/h18-23,31H,1,7-16H2,2-6H3,(H,32,33)(H,34,35)/t18-,19+,20+,21+,22-,23+,26+,27+,28+,29-,30-/m0/s1. The average Bonchev–Trinajstić information content (AvgIpc) is 3.18. The van der Waals surface area contributed by atoms with Gasteiger partial charge in [-0.25, -0.2) is 0 Å². The molecule has 5 saturated carbocycles. The number of carboxylic acid groups (broad SMARTS) is 2. The topological polar surface area (TPSA) is 94.8 Å². The molecule has 11 atom stereocenters. The first-order valence-electron chi connectivity index (χ1n) is 14.0. The van der Waals surface area contributed by atoms with E-state index in [1.165, 1.54) is 0 Å². The van der Waals surface area contributed by atoms with Crippen molar-refractivity contribution in [3.05, 3.63) is 12.2 Å². The van der Waals surface area contributed by atoms with E-state index in [1.54, 1.807) is 6.92 Å². The van der Waals surface area contributed by atoms with E-state index in [9.17, 15) is 24.9 Å². The molecule has 0 aromatic carbocycles. The Bertz CT molecular complexity index is 958. The highest BCUT2D eigenvalue weighted by Gasteiger charge is 2.73. The third-order valence-electron chi connectivity index (χ3n) is 13.6. The number of aliphatic hydroxyl groups excluding tert-OH is 1. The van der Waals surface area contributed by atoms with E-state index in [0.717, 1.165) is 63.4 Å². The van der Waals surface area contributed by atoms with Crippen molar-refractivity contribution in [1.29, 1.82) is 0 Å². The zero-order chi connectivity index (χ0) is 25.8. The maximum Gasteiger partial charge on any atom is 0.312 e. The maximum absolute atomic E-state index is 12.8. The quantitative estimate of drug-likeness (QED) is 0.416. The Morgan fingerprint density at radius 2 is 1.46 bits per heavy atom. The minimum Gasteiger partial charge on any atom is -0.481 e. The Morgan fingerprint density at radius 1 is 0.771 bits per heavy atom. The van der Waals surface area contributed by atoms with Gasteiger partial charge in [0.1, 0.15) is 0 Å². The van der Waals surface area contributed by atoms with Gasteiger partial charge in [-0.05, 0) is 124 Å². The fourth-order valence-electron chi connectivity index (χ4n) is 11.5. The fourth-order valence-corrected chi connectivity index (χ4v) is 11.5. The Morgan fingerprint density at radius 3 is 2.06 bits per heavy atom. The molecule has 5 heteroatoms. The van der Waals surface area contributed by atoms with Crippen LogP contribution in [0.25, 0.3) is 0 Å². The molecule has 5 fully saturated rings. The van der Waals surface area contributed by atoms with Crippen LogP contribution in [0.2, 0.25) is 0 Å². The van der Waals surface area contributed by atoms with Gasteiger partial charge in [0.15, 0.2) is 0 Å². The largest absolute Gasteiger partial charge is 0.481 e. The number of rotatable bonds is 3. The van der Waals surface area contributed by atoms with Crippen LogP contribution in [0.3, 0.4) is 0 Å².